The fraction of sp³-hybridized carbons (Fsp3) is 0.333. The van der Waals surface area contributed by atoms with Crippen LogP contribution in [0.1, 0.15) is 37.1 Å². The lowest BCUT2D eigenvalue weighted by molar-refractivity contribution is 0.213. The topological polar surface area (TPSA) is 75.5 Å². The van der Waals surface area contributed by atoms with Gasteiger partial charge in [0, 0.05) is 12.4 Å². The third-order valence-electron chi connectivity index (χ3n) is 2.99. The van der Waals surface area contributed by atoms with Crippen LogP contribution in [0, 0.1) is 0 Å². The van der Waals surface area contributed by atoms with Crippen LogP contribution in [0.3, 0.4) is 0 Å². The predicted octanol–water partition coefficient (Wildman–Crippen LogP) is 3.10. The van der Waals surface area contributed by atoms with Crippen molar-refractivity contribution in [3.8, 4) is 11.5 Å². The molecular weight excluding hydrogens is 292 g/mol. The number of ether oxygens (including phenoxy) is 1. The smallest absolute Gasteiger partial charge is 0.161 e. The van der Waals surface area contributed by atoms with Gasteiger partial charge in [0.25, 0.3) is 0 Å². The minimum atomic E-state index is -1.03. The normalized spacial score (nSPS) is 12.1. The Hall–Kier alpha value is -1.85. The highest BCUT2D eigenvalue weighted by Gasteiger charge is 2.18. The lowest BCUT2D eigenvalue weighted by Gasteiger charge is -2.14. The number of rotatable bonds is 6. The molecule has 112 valence electrons. The number of aliphatic hydroxyl groups is 1. The Kier molecular flexibility index (Phi) is 5.36. The van der Waals surface area contributed by atoms with Crippen molar-refractivity contribution in [2.24, 2.45) is 0 Å². The van der Waals surface area contributed by atoms with Gasteiger partial charge in [0.15, 0.2) is 16.7 Å². The Labute approximate surface area is 128 Å². The number of aromatic nitrogens is 2. The zero-order valence-corrected chi connectivity index (χ0v) is 12.4. The van der Waals surface area contributed by atoms with Gasteiger partial charge < -0.3 is 14.9 Å². The number of nitrogens with zero attached hydrogens (tertiary/aromatic N) is 2. The lowest BCUT2D eigenvalue weighted by Crippen LogP contribution is -2.05. The van der Waals surface area contributed by atoms with Gasteiger partial charge in [0.1, 0.15) is 11.8 Å². The molecule has 1 unspecified atom stereocenters. The van der Waals surface area contributed by atoms with Crippen molar-refractivity contribution in [1.29, 1.82) is 0 Å². The van der Waals surface area contributed by atoms with E-state index in [0.717, 1.165) is 12.8 Å². The summed E-state index contributed by atoms with van der Waals surface area (Å²) in [6, 6.07) is 4.66. The maximum atomic E-state index is 10.3. The van der Waals surface area contributed by atoms with Gasteiger partial charge in [0.05, 0.1) is 6.61 Å². The second-order valence-corrected chi connectivity index (χ2v) is 4.92. The average Bonchev–Trinajstić information content (AvgIpc) is 2.49. The zero-order chi connectivity index (χ0) is 15.2. The molecule has 1 heterocycles. The summed E-state index contributed by atoms with van der Waals surface area (Å²) < 4.78 is 5.50. The molecule has 6 heteroatoms. The summed E-state index contributed by atoms with van der Waals surface area (Å²) in [5.41, 5.74) is 0.797. The minimum Gasteiger partial charge on any atom is -0.504 e. The van der Waals surface area contributed by atoms with E-state index in [1.807, 2.05) is 0 Å². The summed E-state index contributed by atoms with van der Waals surface area (Å²) >= 11 is 5.93. The van der Waals surface area contributed by atoms with Crippen molar-refractivity contribution in [3.05, 3.63) is 47.0 Å². The molecule has 1 aromatic carbocycles. The first-order valence-corrected chi connectivity index (χ1v) is 7.11. The molecule has 5 nitrogen and oxygen atoms in total. The maximum Gasteiger partial charge on any atom is 0.161 e. The summed E-state index contributed by atoms with van der Waals surface area (Å²) in [4.78, 5) is 7.92. The molecule has 2 N–H and O–H groups in total. The van der Waals surface area contributed by atoms with Crippen LogP contribution < -0.4 is 4.74 Å². The Morgan fingerprint density at radius 3 is 2.76 bits per heavy atom. The van der Waals surface area contributed by atoms with Gasteiger partial charge in [-0.15, -0.1) is 0 Å². The predicted molar refractivity (Wildman–Crippen MR) is 79.6 cm³/mol. The summed E-state index contributed by atoms with van der Waals surface area (Å²) in [6.45, 7) is 2.56. The van der Waals surface area contributed by atoms with E-state index < -0.39 is 6.10 Å². The van der Waals surface area contributed by atoms with E-state index in [1.54, 1.807) is 12.1 Å². The highest BCUT2D eigenvalue weighted by Crippen LogP contribution is 2.32. The van der Waals surface area contributed by atoms with Crippen molar-refractivity contribution in [1.82, 2.24) is 9.97 Å². The van der Waals surface area contributed by atoms with Crippen LogP contribution in [0.5, 0.6) is 11.5 Å². The molecule has 0 fully saturated rings. The molecule has 0 bridgehead atoms. The number of benzene rings is 1. The van der Waals surface area contributed by atoms with Crippen LogP contribution in [0.4, 0.5) is 0 Å². The summed E-state index contributed by atoms with van der Waals surface area (Å²) in [6.07, 6.45) is 3.78. The van der Waals surface area contributed by atoms with Crippen LogP contribution in [-0.4, -0.2) is 26.8 Å². The van der Waals surface area contributed by atoms with Crippen LogP contribution >= 0.6 is 11.6 Å². The number of phenols is 1. The number of aliphatic hydroxyl groups excluding tert-OH is 1. The molecule has 1 aromatic heterocycles. The molecule has 2 rings (SSSR count). The Morgan fingerprint density at radius 2 is 2.05 bits per heavy atom. The molecule has 2 aromatic rings. The van der Waals surface area contributed by atoms with E-state index in [0.29, 0.717) is 17.9 Å². The highest BCUT2D eigenvalue weighted by molar-refractivity contribution is 6.30. The van der Waals surface area contributed by atoms with Gasteiger partial charge in [0.2, 0.25) is 0 Å². The fourth-order valence-electron chi connectivity index (χ4n) is 1.82. The summed E-state index contributed by atoms with van der Waals surface area (Å²) in [5.74, 6) is 0.368. The van der Waals surface area contributed by atoms with E-state index in [1.165, 1.54) is 18.5 Å². The van der Waals surface area contributed by atoms with Gasteiger partial charge in [-0.2, -0.15) is 0 Å². The second kappa shape index (κ2) is 7.24. The van der Waals surface area contributed by atoms with E-state index in [9.17, 15) is 10.2 Å². The summed E-state index contributed by atoms with van der Waals surface area (Å²) in [7, 11) is 0. The molecule has 0 radical (unpaired) electrons. The van der Waals surface area contributed by atoms with Crippen molar-refractivity contribution in [3.63, 3.8) is 0 Å². The van der Waals surface area contributed by atoms with Crippen LogP contribution in [0.25, 0.3) is 0 Å². The van der Waals surface area contributed by atoms with Crippen LogP contribution in [-0.2, 0) is 0 Å². The lowest BCUT2D eigenvalue weighted by atomic mass is 10.1. The largest absolute Gasteiger partial charge is 0.504 e. The molecule has 0 saturated heterocycles. The van der Waals surface area contributed by atoms with E-state index in [2.05, 4.69) is 16.9 Å². The standard InChI is InChI=1S/C15H17ClN2O3/c1-2-3-8-21-12-9-10(4-5-11(12)19)14(20)13-15(16)18-7-6-17-13/h4-7,9,14,19-20H,2-3,8H2,1H3. The molecular formula is C15H17ClN2O3. The van der Waals surface area contributed by atoms with Crippen molar-refractivity contribution in [2.75, 3.05) is 6.61 Å². The van der Waals surface area contributed by atoms with Gasteiger partial charge >= 0.3 is 0 Å². The minimum absolute atomic E-state index is 0.0345. The number of unbranched alkanes of at least 4 members (excludes halogenated alkanes) is 1. The first-order valence-electron chi connectivity index (χ1n) is 6.73. The second-order valence-electron chi connectivity index (χ2n) is 4.56. The average molecular weight is 309 g/mol. The van der Waals surface area contributed by atoms with Crippen molar-refractivity contribution in [2.45, 2.75) is 25.9 Å². The molecule has 0 aliphatic heterocycles. The maximum absolute atomic E-state index is 10.3. The van der Waals surface area contributed by atoms with Crippen LogP contribution in [0.2, 0.25) is 5.15 Å². The Balaban J connectivity index is 2.23. The van der Waals surface area contributed by atoms with Gasteiger partial charge in [-0.1, -0.05) is 31.0 Å². The quantitative estimate of drug-likeness (QED) is 0.802. The highest BCUT2D eigenvalue weighted by atomic mass is 35.5. The molecule has 0 aliphatic carbocycles. The number of hydrogen-bond donors (Lipinski definition) is 2. The molecule has 0 amide bonds. The number of phenolic OH excluding ortho intramolecular Hbond substituents is 1. The first-order chi connectivity index (χ1) is 10.1. The van der Waals surface area contributed by atoms with Gasteiger partial charge in [-0.3, -0.25) is 4.98 Å². The fourth-order valence-corrected chi connectivity index (χ4v) is 2.02. The third-order valence-corrected chi connectivity index (χ3v) is 3.28. The van der Waals surface area contributed by atoms with Gasteiger partial charge in [-0.05, 0) is 24.1 Å². The zero-order valence-electron chi connectivity index (χ0n) is 11.7. The Bertz CT molecular complexity index is 607. The van der Waals surface area contributed by atoms with E-state index in [4.69, 9.17) is 16.3 Å². The molecule has 21 heavy (non-hydrogen) atoms. The van der Waals surface area contributed by atoms with E-state index in [-0.39, 0.29) is 16.6 Å². The first kappa shape index (κ1) is 15.5. The third kappa shape index (κ3) is 3.83. The number of halogens is 1. The molecule has 0 aliphatic rings. The Morgan fingerprint density at radius 1 is 1.29 bits per heavy atom. The number of hydrogen-bond acceptors (Lipinski definition) is 5. The monoisotopic (exact) mass is 308 g/mol. The molecule has 0 spiro atoms. The summed E-state index contributed by atoms with van der Waals surface area (Å²) in [5, 5.41) is 20.3. The number of aromatic hydroxyl groups is 1. The van der Waals surface area contributed by atoms with Crippen molar-refractivity contribution >= 4 is 11.6 Å². The van der Waals surface area contributed by atoms with Crippen LogP contribution in [0.15, 0.2) is 30.6 Å². The van der Waals surface area contributed by atoms with Gasteiger partial charge in [-0.25, -0.2) is 4.98 Å². The van der Waals surface area contributed by atoms with E-state index >= 15 is 0 Å². The SMILES string of the molecule is CCCCOc1cc(C(O)c2nccnc2Cl)ccc1O. The van der Waals surface area contributed by atoms with Crippen molar-refractivity contribution < 1.29 is 14.9 Å². The molecule has 1 atom stereocenters. The molecule has 0 saturated carbocycles.